The van der Waals surface area contributed by atoms with E-state index < -0.39 is 12.1 Å². The van der Waals surface area contributed by atoms with Crippen LogP contribution in [0.1, 0.15) is 38.4 Å². The zero-order valence-electron chi connectivity index (χ0n) is 10.6. The second kappa shape index (κ2) is 6.91. The van der Waals surface area contributed by atoms with Crippen LogP contribution in [0.15, 0.2) is 30.3 Å². The van der Waals surface area contributed by atoms with Crippen LogP contribution in [0.25, 0.3) is 0 Å². The van der Waals surface area contributed by atoms with Gasteiger partial charge in [0.2, 0.25) is 0 Å². The number of ether oxygens (including phenoxy) is 1. The molecule has 0 saturated carbocycles. The molecule has 1 aromatic carbocycles. The third-order valence-corrected chi connectivity index (χ3v) is 2.31. The first kappa shape index (κ1) is 14.4. The van der Waals surface area contributed by atoms with Gasteiger partial charge in [-0.3, -0.25) is 9.59 Å². The van der Waals surface area contributed by atoms with E-state index in [1.165, 1.54) is 0 Å². The number of hydrogen-bond donors (Lipinski definition) is 1. The van der Waals surface area contributed by atoms with E-state index >= 15 is 0 Å². The molecule has 0 bridgehead atoms. The van der Waals surface area contributed by atoms with E-state index in [0.29, 0.717) is 5.56 Å². The summed E-state index contributed by atoms with van der Waals surface area (Å²) in [7, 11) is 0. The predicted octanol–water partition coefficient (Wildman–Crippen LogP) is 2.02. The van der Waals surface area contributed by atoms with Crippen LogP contribution >= 0.6 is 0 Å². The van der Waals surface area contributed by atoms with Gasteiger partial charge in [0.25, 0.3) is 0 Å². The summed E-state index contributed by atoms with van der Waals surface area (Å²) in [6.45, 7) is 3.45. The van der Waals surface area contributed by atoms with Gasteiger partial charge in [0, 0.05) is 6.42 Å². The number of ketones is 1. The summed E-state index contributed by atoms with van der Waals surface area (Å²) in [5.74, 6) is -0.868. The fourth-order valence-electron chi connectivity index (χ4n) is 1.55. The van der Waals surface area contributed by atoms with E-state index in [1.54, 1.807) is 38.1 Å². The first-order valence-corrected chi connectivity index (χ1v) is 5.93. The molecule has 1 atom stereocenters. The van der Waals surface area contributed by atoms with Crippen LogP contribution in [0.2, 0.25) is 0 Å². The molecule has 4 nitrogen and oxygen atoms in total. The summed E-state index contributed by atoms with van der Waals surface area (Å²) >= 11 is 0. The highest BCUT2D eigenvalue weighted by Gasteiger charge is 2.17. The SMILES string of the molecule is CC(C)OC(=O)CC(=O)C[C@H](O)c1ccccc1. The maximum Gasteiger partial charge on any atom is 0.313 e. The van der Waals surface area contributed by atoms with Gasteiger partial charge in [-0.1, -0.05) is 30.3 Å². The minimum atomic E-state index is -0.870. The Hall–Kier alpha value is -1.68. The lowest BCUT2D eigenvalue weighted by Gasteiger charge is -2.10. The van der Waals surface area contributed by atoms with Gasteiger partial charge in [-0.2, -0.15) is 0 Å². The Kier molecular flexibility index (Phi) is 5.52. The smallest absolute Gasteiger partial charge is 0.313 e. The molecule has 18 heavy (non-hydrogen) atoms. The molecule has 98 valence electrons. The van der Waals surface area contributed by atoms with Gasteiger partial charge in [-0.15, -0.1) is 0 Å². The van der Waals surface area contributed by atoms with Crippen molar-refractivity contribution in [3.05, 3.63) is 35.9 Å². The summed E-state index contributed by atoms with van der Waals surface area (Å²) in [5.41, 5.74) is 0.670. The molecule has 1 N–H and O–H groups in total. The minimum absolute atomic E-state index is 0.0722. The lowest BCUT2D eigenvalue weighted by atomic mass is 10.0. The van der Waals surface area contributed by atoms with Crippen LogP contribution in [0.5, 0.6) is 0 Å². The highest BCUT2D eigenvalue weighted by molar-refractivity contribution is 5.95. The molecule has 0 aromatic heterocycles. The van der Waals surface area contributed by atoms with Gasteiger partial charge in [0.1, 0.15) is 12.2 Å². The number of carbonyl (C=O) groups is 2. The quantitative estimate of drug-likeness (QED) is 0.619. The average Bonchev–Trinajstić information content (AvgIpc) is 2.28. The minimum Gasteiger partial charge on any atom is -0.463 e. The summed E-state index contributed by atoms with van der Waals surface area (Å²) in [4.78, 5) is 22.8. The molecule has 0 heterocycles. The van der Waals surface area contributed by atoms with E-state index in [-0.39, 0.29) is 24.7 Å². The third kappa shape index (κ3) is 5.10. The second-order valence-electron chi connectivity index (χ2n) is 4.38. The number of hydrogen-bond acceptors (Lipinski definition) is 4. The van der Waals surface area contributed by atoms with E-state index in [4.69, 9.17) is 4.74 Å². The molecule has 1 rings (SSSR count). The molecule has 0 spiro atoms. The second-order valence-corrected chi connectivity index (χ2v) is 4.38. The summed E-state index contributed by atoms with van der Waals surface area (Å²) in [6.07, 6.45) is -1.46. The number of Topliss-reactive ketones (excluding diaryl/α,β-unsaturated/α-hetero) is 1. The zero-order chi connectivity index (χ0) is 13.5. The normalized spacial score (nSPS) is 12.2. The van der Waals surface area contributed by atoms with Crippen LogP contribution in [-0.2, 0) is 14.3 Å². The average molecular weight is 250 g/mol. The molecule has 0 aliphatic carbocycles. The summed E-state index contributed by atoms with van der Waals surface area (Å²) < 4.78 is 4.87. The van der Waals surface area contributed by atoms with Gasteiger partial charge >= 0.3 is 5.97 Å². The Balaban J connectivity index is 2.43. The maximum absolute atomic E-state index is 11.6. The van der Waals surface area contributed by atoms with Crippen molar-refractivity contribution in [3.8, 4) is 0 Å². The van der Waals surface area contributed by atoms with Gasteiger partial charge in [-0.05, 0) is 19.4 Å². The topological polar surface area (TPSA) is 63.6 Å². The largest absolute Gasteiger partial charge is 0.463 e. The lowest BCUT2D eigenvalue weighted by molar-refractivity contribution is -0.149. The van der Waals surface area contributed by atoms with Gasteiger partial charge in [0.05, 0.1) is 12.2 Å². The molecule has 0 aliphatic heterocycles. The van der Waals surface area contributed by atoms with Crippen LogP contribution in [-0.4, -0.2) is 23.0 Å². The Labute approximate surface area is 107 Å². The number of carbonyl (C=O) groups excluding carboxylic acids is 2. The van der Waals surface area contributed by atoms with Crippen molar-refractivity contribution < 1.29 is 19.4 Å². The van der Waals surface area contributed by atoms with Crippen molar-refractivity contribution >= 4 is 11.8 Å². The fraction of sp³-hybridized carbons (Fsp3) is 0.429. The van der Waals surface area contributed by atoms with Gasteiger partial charge < -0.3 is 9.84 Å². The van der Waals surface area contributed by atoms with Crippen molar-refractivity contribution in [1.82, 2.24) is 0 Å². The molecule has 0 radical (unpaired) electrons. The molecular weight excluding hydrogens is 232 g/mol. The molecule has 4 heteroatoms. The molecule has 1 aromatic rings. The summed E-state index contributed by atoms with van der Waals surface area (Å²) in [6, 6.07) is 8.89. The van der Waals surface area contributed by atoms with Crippen molar-refractivity contribution in [2.45, 2.75) is 38.9 Å². The molecule has 0 fully saturated rings. The Morgan fingerprint density at radius 2 is 1.83 bits per heavy atom. The molecule has 0 unspecified atom stereocenters. The highest BCUT2D eigenvalue weighted by Crippen LogP contribution is 2.17. The Bertz CT molecular complexity index is 398. The van der Waals surface area contributed by atoms with Crippen LogP contribution < -0.4 is 0 Å². The highest BCUT2D eigenvalue weighted by atomic mass is 16.5. The van der Waals surface area contributed by atoms with Crippen LogP contribution in [0.3, 0.4) is 0 Å². The monoisotopic (exact) mass is 250 g/mol. The number of esters is 1. The first-order chi connectivity index (χ1) is 8.49. The molecule has 0 amide bonds. The van der Waals surface area contributed by atoms with Crippen molar-refractivity contribution in [3.63, 3.8) is 0 Å². The number of aliphatic hydroxyl groups excluding tert-OH is 1. The van der Waals surface area contributed by atoms with Crippen LogP contribution in [0, 0.1) is 0 Å². The van der Waals surface area contributed by atoms with Crippen molar-refractivity contribution in [1.29, 1.82) is 0 Å². The zero-order valence-corrected chi connectivity index (χ0v) is 10.6. The van der Waals surface area contributed by atoms with E-state index in [0.717, 1.165) is 0 Å². The van der Waals surface area contributed by atoms with E-state index in [1.807, 2.05) is 6.07 Å². The van der Waals surface area contributed by atoms with E-state index in [9.17, 15) is 14.7 Å². The predicted molar refractivity (Wildman–Crippen MR) is 66.9 cm³/mol. The van der Waals surface area contributed by atoms with Gasteiger partial charge in [0.15, 0.2) is 0 Å². The van der Waals surface area contributed by atoms with Crippen molar-refractivity contribution in [2.24, 2.45) is 0 Å². The summed E-state index contributed by atoms with van der Waals surface area (Å²) in [5, 5.41) is 9.81. The molecule has 0 aliphatic rings. The van der Waals surface area contributed by atoms with Crippen molar-refractivity contribution in [2.75, 3.05) is 0 Å². The first-order valence-electron chi connectivity index (χ1n) is 5.93. The van der Waals surface area contributed by atoms with E-state index in [2.05, 4.69) is 0 Å². The maximum atomic E-state index is 11.6. The number of benzene rings is 1. The Morgan fingerprint density at radius 3 is 2.39 bits per heavy atom. The fourth-order valence-corrected chi connectivity index (χ4v) is 1.55. The molecule has 0 saturated heterocycles. The lowest BCUT2D eigenvalue weighted by Crippen LogP contribution is -2.17. The van der Waals surface area contributed by atoms with Crippen LogP contribution in [0.4, 0.5) is 0 Å². The number of rotatable bonds is 6. The number of aliphatic hydroxyl groups is 1. The molecular formula is C14H18O4. The standard InChI is InChI=1S/C14H18O4/c1-10(2)18-14(17)9-12(15)8-13(16)11-6-4-3-5-7-11/h3-7,10,13,16H,8-9H2,1-2H3/t13-/m0/s1. The van der Waals surface area contributed by atoms with Gasteiger partial charge in [-0.25, -0.2) is 0 Å². The Morgan fingerprint density at radius 1 is 1.22 bits per heavy atom. The third-order valence-electron chi connectivity index (χ3n) is 2.31.